The number of carbonyl (C=O) groups is 1. The smallest absolute Gasteiger partial charge is 0.343 e. The van der Waals surface area contributed by atoms with Crippen molar-refractivity contribution in [2.24, 2.45) is 5.92 Å². The molecule has 3 rings (SSSR count). The number of nitrogens with zero attached hydrogens (tertiary/aromatic N) is 1. The lowest BCUT2D eigenvalue weighted by Gasteiger charge is -2.11. The number of ether oxygens (including phenoxy) is 1. The molecule has 0 N–H and O–H groups in total. The topological polar surface area (TPSA) is 50.1 Å². The minimum atomic E-state index is -0.461. The van der Waals surface area contributed by atoms with Crippen LogP contribution < -0.4 is 4.74 Å². The van der Waals surface area contributed by atoms with Gasteiger partial charge in [-0.05, 0) is 71.7 Å². The fourth-order valence-electron chi connectivity index (χ4n) is 3.63. The minimum absolute atomic E-state index is 0.303. The molecule has 3 aromatic rings. The Kier molecular flexibility index (Phi) is 8.22. The molecular weight excluding hydrogens is 394 g/mol. The van der Waals surface area contributed by atoms with Crippen molar-refractivity contribution in [1.29, 1.82) is 5.26 Å². The molecule has 0 bridgehead atoms. The van der Waals surface area contributed by atoms with Gasteiger partial charge in [0.15, 0.2) is 0 Å². The van der Waals surface area contributed by atoms with Gasteiger partial charge in [0.2, 0.25) is 0 Å². The van der Waals surface area contributed by atoms with Crippen LogP contribution in [0.2, 0.25) is 0 Å². The number of nitriles is 1. The fraction of sp³-hybridized carbons (Fsp3) is 0.310. The minimum Gasteiger partial charge on any atom is -0.422 e. The number of benzene rings is 3. The van der Waals surface area contributed by atoms with Crippen LogP contribution in [0.25, 0.3) is 11.1 Å². The second-order valence-corrected chi connectivity index (χ2v) is 8.43. The highest BCUT2D eigenvalue weighted by Crippen LogP contribution is 2.24. The third-order valence-electron chi connectivity index (χ3n) is 5.88. The first-order valence-corrected chi connectivity index (χ1v) is 11.5. The lowest BCUT2D eigenvalue weighted by molar-refractivity contribution is 0.0734. The normalized spacial score (nSPS) is 11.6. The Hall–Kier alpha value is -3.38. The van der Waals surface area contributed by atoms with E-state index in [0.29, 0.717) is 22.8 Å². The van der Waals surface area contributed by atoms with Crippen LogP contribution in [0.15, 0.2) is 66.7 Å². The van der Waals surface area contributed by atoms with E-state index >= 15 is 0 Å². The molecule has 0 aliphatic heterocycles. The Morgan fingerprint density at radius 3 is 2.16 bits per heavy atom. The maximum atomic E-state index is 12.7. The maximum absolute atomic E-state index is 12.7. The standard InChI is InChI=1S/C29H31NO2/c1-4-6-7-22-8-11-24(12-9-22)25-13-15-26(16-14-25)29(31)32-28-17-10-23(18-21(3)5-2)19-27(28)20-30/h8-17,19,21H,4-7,18H2,1-3H3. The van der Waals surface area contributed by atoms with Crippen LogP contribution in [0, 0.1) is 17.2 Å². The molecule has 0 fully saturated rings. The summed E-state index contributed by atoms with van der Waals surface area (Å²) in [4.78, 5) is 12.7. The number of hydrogen-bond donors (Lipinski definition) is 0. The van der Waals surface area contributed by atoms with Gasteiger partial charge in [0, 0.05) is 0 Å². The highest BCUT2D eigenvalue weighted by atomic mass is 16.5. The van der Waals surface area contributed by atoms with Crippen molar-refractivity contribution < 1.29 is 9.53 Å². The molecule has 0 aromatic heterocycles. The van der Waals surface area contributed by atoms with Crippen LogP contribution in [0.5, 0.6) is 5.75 Å². The largest absolute Gasteiger partial charge is 0.422 e. The van der Waals surface area contributed by atoms with Crippen molar-refractivity contribution in [3.8, 4) is 22.9 Å². The number of esters is 1. The van der Waals surface area contributed by atoms with Gasteiger partial charge in [0.05, 0.1) is 11.1 Å². The SMILES string of the molecule is CCCCc1ccc(-c2ccc(C(=O)Oc3ccc(CC(C)CC)cc3C#N)cc2)cc1. The number of aryl methyl sites for hydroxylation is 1. The molecule has 0 aliphatic rings. The quantitative estimate of drug-likeness (QED) is 0.265. The van der Waals surface area contributed by atoms with E-state index in [4.69, 9.17) is 4.74 Å². The van der Waals surface area contributed by atoms with Crippen molar-refractivity contribution in [2.45, 2.75) is 52.9 Å². The van der Waals surface area contributed by atoms with Gasteiger partial charge in [-0.15, -0.1) is 0 Å². The van der Waals surface area contributed by atoms with E-state index in [1.165, 1.54) is 18.4 Å². The lowest BCUT2D eigenvalue weighted by Crippen LogP contribution is -2.09. The van der Waals surface area contributed by atoms with Gasteiger partial charge in [-0.3, -0.25) is 0 Å². The molecule has 0 amide bonds. The summed E-state index contributed by atoms with van der Waals surface area (Å²) in [5.74, 6) is 0.385. The molecule has 0 aliphatic carbocycles. The summed E-state index contributed by atoms with van der Waals surface area (Å²) >= 11 is 0. The van der Waals surface area contributed by atoms with Gasteiger partial charge < -0.3 is 4.74 Å². The molecule has 0 saturated heterocycles. The van der Waals surface area contributed by atoms with Crippen molar-refractivity contribution in [1.82, 2.24) is 0 Å². The first-order valence-electron chi connectivity index (χ1n) is 11.5. The lowest BCUT2D eigenvalue weighted by atomic mass is 9.97. The van der Waals surface area contributed by atoms with Crippen LogP contribution in [0.3, 0.4) is 0 Å². The summed E-state index contributed by atoms with van der Waals surface area (Å²) in [6, 6.07) is 23.6. The Morgan fingerprint density at radius 2 is 1.56 bits per heavy atom. The molecule has 3 aromatic carbocycles. The average molecular weight is 426 g/mol. The van der Waals surface area contributed by atoms with E-state index in [9.17, 15) is 10.1 Å². The number of rotatable bonds is 9. The predicted octanol–water partition coefficient (Wildman–Crippen LogP) is 7.38. The van der Waals surface area contributed by atoms with E-state index in [0.717, 1.165) is 36.0 Å². The maximum Gasteiger partial charge on any atom is 0.343 e. The molecule has 3 nitrogen and oxygen atoms in total. The van der Waals surface area contributed by atoms with Gasteiger partial charge >= 0.3 is 5.97 Å². The van der Waals surface area contributed by atoms with Crippen LogP contribution in [-0.2, 0) is 12.8 Å². The summed E-state index contributed by atoms with van der Waals surface area (Å²) in [6.45, 7) is 6.54. The molecule has 0 saturated carbocycles. The number of unbranched alkanes of at least 4 members (excludes halogenated alkanes) is 1. The Bertz CT molecular complexity index is 1080. The molecule has 1 atom stereocenters. The zero-order valence-corrected chi connectivity index (χ0v) is 19.2. The van der Waals surface area contributed by atoms with Crippen LogP contribution in [0.4, 0.5) is 0 Å². The monoisotopic (exact) mass is 425 g/mol. The fourth-order valence-corrected chi connectivity index (χ4v) is 3.63. The molecular formula is C29H31NO2. The molecule has 1 unspecified atom stereocenters. The van der Waals surface area contributed by atoms with E-state index in [1.807, 2.05) is 24.3 Å². The summed E-state index contributed by atoms with van der Waals surface area (Å²) in [5, 5.41) is 9.51. The molecule has 0 heterocycles. The molecule has 0 radical (unpaired) electrons. The van der Waals surface area contributed by atoms with Crippen LogP contribution in [0.1, 0.15) is 67.1 Å². The summed E-state index contributed by atoms with van der Waals surface area (Å²) < 4.78 is 5.55. The third-order valence-corrected chi connectivity index (χ3v) is 5.88. The van der Waals surface area contributed by atoms with E-state index in [2.05, 4.69) is 51.1 Å². The highest BCUT2D eigenvalue weighted by Gasteiger charge is 2.13. The van der Waals surface area contributed by atoms with Gasteiger partial charge in [-0.25, -0.2) is 4.79 Å². The summed E-state index contributed by atoms with van der Waals surface area (Å²) in [5.41, 5.74) is 5.45. The van der Waals surface area contributed by atoms with Gasteiger partial charge in [-0.2, -0.15) is 5.26 Å². The predicted molar refractivity (Wildman–Crippen MR) is 130 cm³/mol. The second-order valence-electron chi connectivity index (χ2n) is 8.43. The van der Waals surface area contributed by atoms with Crippen molar-refractivity contribution in [3.63, 3.8) is 0 Å². The van der Waals surface area contributed by atoms with Gasteiger partial charge in [0.25, 0.3) is 0 Å². The second kappa shape index (κ2) is 11.3. The first-order chi connectivity index (χ1) is 15.5. The third kappa shape index (κ3) is 6.08. The zero-order valence-electron chi connectivity index (χ0n) is 19.2. The highest BCUT2D eigenvalue weighted by molar-refractivity contribution is 5.92. The summed E-state index contributed by atoms with van der Waals surface area (Å²) in [6.07, 6.45) is 5.48. The van der Waals surface area contributed by atoms with E-state index in [-0.39, 0.29) is 0 Å². The Labute approximate surface area is 191 Å². The number of hydrogen-bond acceptors (Lipinski definition) is 3. The van der Waals surface area contributed by atoms with Crippen molar-refractivity contribution >= 4 is 5.97 Å². The molecule has 0 spiro atoms. The average Bonchev–Trinajstić information content (AvgIpc) is 2.84. The Morgan fingerprint density at radius 1 is 0.938 bits per heavy atom. The van der Waals surface area contributed by atoms with Crippen molar-refractivity contribution in [2.75, 3.05) is 0 Å². The van der Waals surface area contributed by atoms with Crippen LogP contribution >= 0.6 is 0 Å². The molecule has 32 heavy (non-hydrogen) atoms. The molecule has 3 heteroatoms. The Balaban J connectivity index is 1.69. The molecule has 164 valence electrons. The first kappa shape index (κ1) is 23.3. The van der Waals surface area contributed by atoms with Crippen LogP contribution in [-0.4, -0.2) is 5.97 Å². The number of carbonyl (C=O) groups excluding carboxylic acids is 1. The van der Waals surface area contributed by atoms with E-state index in [1.54, 1.807) is 18.2 Å². The zero-order chi connectivity index (χ0) is 22.9. The summed E-state index contributed by atoms with van der Waals surface area (Å²) in [7, 11) is 0. The van der Waals surface area contributed by atoms with Gasteiger partial charge in [-0.1, -0.05) is 76.1 Å². The van der Waals surface area contributed by atoms with E-state index < -0.39 is 5.97 Å². The van der Waals surface area contributed by atoms with Gasteiger partial charge in [0.1, 0.15) is 11.8 Å². The van der Waals surface area contributed by atoms with Crippen molar-refractivity contribution in [3.05, 3.63) is 89.0 Å².